The number of nitro groups is 1. The van der Waals surface area contributed by atoms with E-state index in [-0.39, 0.29) is 42.8 Å². The van der Waals surface area contributed by atoms with Crippen LogP contribution in [0.5, 0.6) is 0 Å². The number of hydrogen-bond acceptors (Lipinski definition) is 5. The summed E-state index contributed by atoms with van der Waals surface area (Å²) in [6, 6.07) is 2.87. The first-order valence-electron chi connectivity index (χ1n) is 5.96. The summed E-state index contributed by atoms with van der Waals surface area (Å²) in [6.45, 7) is 2.17. The van der Waals surface area contributed by atoms with E-state index in [1.807, 2.05) is 0 Å². The molecule has 0 spiro atoms. The summed E-state index contributed by atoms with van der Waals surface area (Å²) < 4.78 is 0. The molecule has 1 aliphatic rings. The summed E-state index contributed by atoms with van der Waals surface area (Å²) in [5.74, 6) is -0.326. The lowest BCUT2D eigenvalue weighted by molar-refractivity contribution is -0.384. The van der Waals surface area contributed by atoms with Crippen molar-refractivity contribution >= 4 is 17.4 Å². The number of carbonyl (C=O) groups is 1. The Morgan fingerprint density at radius 2 is 2.40 bits per heavy atom. The van der Waals surface area contributed by atoms with Crippen molar-refractivity contribution in [1.82, 2.24) is 4.98 Å². The first-order chi connectivity index (χ1) is 9.52. The molecule has 2 rings (SSSR count). The van der Waals surface area contributed by atoms with E-state index in [9.17, 15) is 14.9 Å². The molecule has 2 heterocycles. The zero-order valence-electron chi connectivity index (χ0n) is 10.8. The molecule has 0 bridgehead atoms. The summed E-state index contributed by atoms with van der Waals surface area (Å²) in [6.07, 6.45) is 0.200. The van der Waals surface area contributed by atoms with Crippen LogP contribution in [0.3, 0.4) is 0 Å². The molecule has 0 saturated carbocycles. The Bertz CT molecular complexity index is 610. The fraction of sp³-hybridized carbons (Fsp3) is 0.455. The quantitative estimate of drug-likeness (QED) is 0.274. The average molecular weight is 276 g/mol. The standard InChI is InChI=1S/C11H12N6O3/c1-7-2-3-9(17(19)20)11(14-7)16-6-8(4-10(16)18)5-13-15-12/h2-3,8H,4-6H2,1H3. The van der Waals surface area contributed by atoms with Gasteiger partial charge in [-0.2, -0.15) is 0 Å². The van der Waals surface area contributed by atoms with Gasteiger partial charge in [0.2, 0.25) is 11.7 Å². The predicted molar refractivity (Wildman–Crippen MR) is 70.1 cm³/mol. The molecule has 9 nitrogen and oxygen atoms in total. The molecule has 1 amide bonds. The molecule has 1 atom stereocenters. The van der Waals surface area contributed by atoms with E-state index >= 15 is 0 Å². The molecule has 0 aliphatic carbocycles. The number of anilines is 1. The Balaban J connectivity index is 2.32. The number of aryl methyl sites for hydroxylation is 1. The van der Waals surface area contributed by atoms with E-state index in [1.165, 1.54) is 17.0 Å². The highest BCUT2D eigenvalue weighted by molar-refractivity contribution is 5.96. The average Bonchev–Trinajstić information content (AvgIpc) is 2.77. The van der Waals surface area contributed by atoms with Crippen molar-refractivity contribution in [3.8, 4) is 0 Å². The highest BCUT2D eigenvalue weighted by atomic mass is 16.6. The van der Waals surface area contributed by atoms with E-state index < -0.39 is 4.92 Å². The van der Waals surface area contributed by atoms with Gasteiger partial charge in [-0.15, -0.1) is 0 Å². The number of azide groups is 1. The van der Waals surface area contributed by atoms with Crippen molar-refractivity contribution in [2.75, 3.05) is 18.0 Å². The molecule has 0 radical (unpaired) electrons. The lowest BCUT2D eigenvalue weighted by Crippen LogP contribution is -2.27. The van der Waals surface area contributed by atoms with E-state index in [1.54, 1.807) is 6.92 Å². The maximum atomic E-state index is 12.0. The van der Waals surface area contributed by atoms with Crippen molar-refractivity contribution < 1.29 is 9.72 Å². The number of rotatable bonds is 4. The Morgan fingerprint density at radius 1 is 1.65 bits per heavy atom. The Hall–Kier alpha value is -2.67. The molecule has 1 unspecified atom stereocenters. The molecule has 9 heteroatoms. The summed E-state index contributed by atoms with van der Waals surface area (Å²) in [5.41, 5.74) is 8.68. The fourth-order valence-corrected chi connectivity index (χ4v) is 2.14. The summed E-state index contributed by atoms with van der Waals surface area (Å²) in [4.78, 5) is 30.5. The van der Waals surface area contributed by atoms with Gasteiger partial charge in [-0.3, -0.25) is 19.8 Å². The van der Waals surface area contributed by atoms with Crippen LogP contribution < -0.4 is 4.90 Å². The highest BCUT2D eigenvalue weighted by Crippen LogP contribution is 2.31. The molecule has 0 N–H and O–H groups in total. The molecular weight excluding hydrogens is 264 g/mol. The lowest BCUT2D eigenvalue weighted by atomic mass is 10.1. The summed E-state index contributed by atoms with van der Waals surface area (Å²) >= 11 is 0. The summed E-state index contributed by atoms with van der Waals surface area (Å²) in [5, 5.41) is 14.4. The van der Waals surface area contributed by atoms with Crippen molar-refractivity contribution in [2.24, 2.45) is 11.0 Å². The number of nitrogens with zero attached hydrogens (tertiary/aromatic N) is 6. The van der Waals surface area contributed by atoms with Gasteiger partial charge in [-0.05, 0) is 24.4 Å². The SMILES string of the molecule is Cc1ccc([N+](=O)[O-])c(N2CC(CN=[N+]=[N-])CC2=O)n1. The predicted octanol–water partition coefficient (Wildman–Crippen LogP) is 1.96. The van der Waals surface area contributed by atoms with E-state index in [4.69, 9.17) is 5.53 Å². The van der Waals surface area contributed by atoms with Crippen molar-refractivity contribution in [1.29, 1.82) is 0 Å². The Morgan fingerprint density at radius 3 is 3.05 bits per heavy atom. The number of amides is 1. The van der Waals surface area contributed by atoms with Crippen LogP contribution in [0.2, 0.25) is 0 Å². The van der Waals surface area contributed by atoms with Crippen LogP contribution in [-0.2, 0) is 4.79 Å². The number of hydrogen-bond donors (Lipinski definition) is 0. The Kier molecular flexibility index (Phi) is 3.81. The van der Waals surface area contributed by atoms with E-state index in [2.05, 4.69) is 15.0 Å². The van der Waals surface area contributed by atoms with Crippen LogP contribution in [0.25, 0.3) is 10.4 Å². The molecular formula is C11H12N6O3. The monoisotopic (exact) mass is 276 g/mol. The number of carbonyl (C=O) groups excluding carboxylic acids is 1. The number of aromatic nitrogens is 1. The maximum Gasteiger partial charge on any atom is 0.312 e. The third kappa shape index (κ3) is 2.67. The zero-order chi connectivity index (χ0) is 14.7. The largest absolute Gasteiger partial charge is 0.312 e. The first-order valence-corrected chi connectivity index (χ1v) is 5.96. The van der Waals surface area contributed by atoms with Gasteiger partial charge in [0, 0.05) is 36.2 Å². The Labute approximate surface area is 114 Å². The molecule has 20 heavy (non-hydrogen) atoms. The van der Waals surface area contributed by atoms with E-state index in [0.717, 1.165) is 0 Å². The maximum absolute atomic E-state index is 12.0. The molecule has 1 fully saturated rings. The van der Waals surface area contributed by atoms with E-state index in [0.29, 0.717) is 5.69 Å². The third-order valence-electron chi connectivity index (χ3n) is 3.05. The van der Waals surface area contributed by atoms with Gasteiger partial charge >= 0.3 is 5.69 Å². The molecule has 0 aromatic carbocycles. The fourth-order valence-electron chi connectivity index (χ4n) is 2.14. The van der Waals surface area contributed by atoms with Crippen LogP contribution >= 0.6 is 0 Å². The second-order valence-corrected chi connectivity index (χ2v) is 4.54. The van der Waals surface area contributed by atoms with Crippen LogP contribution in [0.1, 0.15) is 12.1 Å². The van der Waals surface area contributed by atoms with Gasteiger partial charge in [0.1, 0.15) is 0 Å². The molecule has 1 aliphatic heterocycles. The highest BCUT2D eigenvalue weighted by Gasteiger charge is 2.34. The van der Waals surface area contributed by atoms with Gasteiger partial charge in [0.05, 0.1) is 4.92 Å². The van der Waals surface area contributed by atoms with Crippen molar-refractivity contribution in [3.05, 3.63) is 38.4 Å². The van der Waals surface area contributed by atoms with Crippen LogP contribution in [0, 0.1) is 23.0 Å². The molecule has 104 valence electrons. The summed E-state index contributed by atoms with van der Waals surface area (Å²) in [7, 11) is 0. The molecule has 1 aromatic heterocycles. The minimum Gasteiger partial charge on any atom is -0.291 e. The minimum atomic E-state index is -0.560. The normalized spacial score (nSPS) is 17.9. The number of pyridine rings is 1. The van der Waals surface area contributed by atoms with Gasteiger partial charge in [0.15, 0.2) is 0 Å². The van der Waals surface area contributed by atoms with Crippen LogP contribution in [0.15, 0.2) is 17.2 Å². The molecule has 1 aromatic rings. The van der Waals surface area contributed by atoms with Gasteiger partial charge < -0.3 is 0 Å². The first kappa shape index (κ1) is 13.8. The smallest absolute Gasteiger partial charge is 0.291 e. The minimum absolute atomic E-state index is 0.0587. The van der Waals surface area contributed by atoms with Crippen LogP contribution in [-0.4, -0.2) is 28.9 Å². The van der Waals surface area contributed by atoms with Crippen LogP contribution in [0.4, 0.5) is 11.5 Å². The topological polar surface area (TPSA) is 125 Å². The van der Waals surface area contributed by atoms with Gasteiger partial charge in [-0.1, -0.05) is 5.11 Å². The third-order valence-corrected chi connectivity index (χ3v) is 3.05. The molecule has 1 saturated heterocycles. The second-order valence-electron chi connectivity index (χ2n) is 4.54. The van der Waals surface area contributed by atoms with Gasteiger partial charge in [0.25, 0.3) is 0 Å². The lowest BCUT2D eigenvalue weighted by Gasteiger charge is -2.15. The second kappa shape index (κ2) is 5.54. The zero-order valence-corrected chi connectivity index (χ0v) is 10.8. The van der Waals surface area contributed by atoms with Crippen molar-refractivity contribution in [3.63, 3.8) is 0 Å². The van der Waals surface area contributed by atoms with Crippen molar-refractivity contribution in [2.45, 2.75) is 13.3 Å². The van der Waals surface area contributed by atoms with Gasteiger partial charge in [-0.25, -0.2) is 4.98 Å².